The summed E-state index contributed by atoms with van der Waals surface area (Å²) in [6.07, 6.45) is 3.63. The highest BCUT2D eigenvalue weighted by molar-refractivity contribution is 7.23. The third kappa shape index (κ3) is 4.17. The minimum Gasteiger partial charge on any atom is -0.508 e. The number of aromatic hydroxyl groups is 1. The maximum atomic E-state index is 16.4. The van der Waals surface area contributed by atoms with E-state index in [0.717, 1.165) is 45.3 Å². The number of aromatic nitrogens is 1. The lowest BCUT2D eigenvalue weighted by atomic mass is 9.95. The van der Waals surface area contributed by atoms with Crippen LogP contribution in [0.25, 0.3) is 31.3 Å². The van der Waals surface area contributed by atoms with Crippen molar-refractivity contribution in [3.05, 3.63) is 48.0 Å². The molecule has 4 atom stereocenters. The highest BCUT2D eigenvalue weighted by atomic mass is 32.1. The third-order valence-corrected chi connectivity index (χ3v) is 10.7. The van der Waals surface area contributed by atoms with Crippen LogP contribution in [0.15, 0.2) is 36.4 Å². The summed E-state index contributed by atoms with van der Waals surface area (Å²) in [6, 6.07) is 9.86. The van der Waals surface area contributed by atoms with E-state index in [1.54, 1.807) is 18.2 Å². The van der Waals surface area contributed by atoms with Crippen LogP contribution in [0.5, 0.6) is 11.6 Å². The number of hydrogen-bond acceptors (Lipinski definition) is 7. The molecule has 41 heavy (non-hydrogen) atoms. The molecule has 0 amide bonds. The standard InChI is InChI=1S/C31H31F3N4O2S/c32-18-12-31(7-2-8-38(31)13-18)16-40-25-11-23-27(34)28(22-10-21(39)9-17-3-1-4-24(33)26(17)22)41-29(23)30(36-25)37-14-19-5-6-20(15-37)35-19/h1,3-4,9-11,18-20,35,39H,2,5-8,12-16H2/t18-,19?,20?,31+/m1/s1. The first-order valence-corrected chi connectivity index (χ1v) is 15.3. The Morgan fingerprint density at radius 3 is 2.78 bits per heavy atom. The van der Waals surface area contributed by atoms with Gasteiger partial charge in [0.2, 0.25) is 5.88 Å². The minimum absolute atomic E-state index is 0.0564. The van der Waals surface area contributed by atoms with Crippen molar-refractivity contribution in [3.63, 3.8) is 0 Å². The van der Waals surface area contributed by atoms with Gasteiger partial charge in [-0.05, 0) is 55.8 Å². The summed E-state index contributed by atoms with van der Waals surface area (Å²) in [7, 11) is 0. The number of alkyl halides is 1. The van der Waals surface area contributed by atoms with Crippen molar-refractivity contribution in [2.75, 3.05) is 37.7 Å². The van der Waals surface area contributed by atoms with Crippen LogP contribution in [-0.4, -0.2) is 71.6 Å². The molecule has 0 saturated carbocycles. The van der Waals surface area contributed by atoms with Crippen LogP contribution < -0.4 is 15.0 Å². The van der Waals surface area contributed by atoms with Gasteiger partial charge in [0.15, 0.2) is 5.82 Å². The fourth-order valence-corrected chi connectivity index (χ4v) is 8.86. The zero-order valence-electron chi connectivity index (χ0n) is 22.5. The van der Waals surface area contributed by atoms with E-state index >= 15 is 8.78 Å². The number of halogens is 3. The second-order valence-corrected chi connectivity index (χ2v) is 13.2. The van der Waals surface area contributed by atoms with E-state index in [1.807, 2.05) is 0 Å². The van der Waals surface area contributed by atoms with Gasteiger partial charge in [0.05, 0.1) is 15.1 Å². The van der Waals surface area contributed by atoms with Crippen molar-refractivity contribution in [3.8, 4) is 22.1 Å². The van der Waals surface area contributed by atoms with Gasteiger partial charge in [-0.2, -0.15) is 4.98 Å². The average molecular weight is 581 g/mol. The van der Waals surface area contributed by atoms with Crippen LogP contribution in [0.3, 0.4) is 0 Å². The first-order valence-electron chi connectivity index (χ1n) is 14.4. The number of pyridine rings is 1. The largest absolute Gasteiger partial charge is 0.508 e. The Balaban J connectivity index is 1.25. The molecule has 6 nitrogen and oxygen atoms in total. The molecule has 4 fully saturated rings. The van der Waals surface area contributed by atoms with E-state index in [4.69, 9.17) is 9.72 Å². The fraction of sp³-hybridized carbons (Fsp3) is 0.452. The topological polar surface area (TPSA) is 60.9 Å². The summed E-state index contributed by atoms with van der Waals surface area (Å²) >= 11 is 1.23. The number of nitrogens with zero attached hydrogens (tertiary/aromatic N) is 3. The number of fused-ring (bicyclic) bond motifs is 5. The first kappa shape index (κ1) is 25.6. The number of thiophene rings is 1. The van der Waals surface area contributed by atoms with Gasteiger partial charge >= 0.3 is 0 Å². The average Bonchev–Trinajstić information content (AvgIpc) is 3.67. The van der Waals surface area contributed by atoms with Gasteiger partial charge in [-0.1, -0.05) is 12.1 Å². The number of nitrogens with one attached hydrogen (secondary N) is 1. The second kappa shape index (κ2) is 9.47. The molecular formula is C31H31F3N4O2S. The summed E-state index contributed by atoms with van der Waals surface area (Å²) in [5.74, 6) is -0.0432. The van der Waals surface area contributed by atoms with Crippen LogP contribution in [0.2, 0.25) is 0 Å². The quantitative estimate of drug-likeness (QED) is 0.302. The van der Waals surface area contributed by atoms with Crippen molar-refractivity contribution in [2.24, 2.45) is 0 Å². The smallest absolute Gasteiger partial charge is 0.216 e. The number of phenols is 1. The molecule has 4 aliphatic heterocycles. The lowest BCUT2D eigenvalue weighted by Gasteiger charge is -2.34. The number of piperazine rings is 1. The number of hydrogen-bond donors (Lipinski definition) is 2. The summed E-state index contributed by atoms with van der Waals surface area (Å²) in [6.45, 7) is 3.10. The van der Waals surface area contributed by atoms with E-state index in [9.17, 15) is 9.50 Å². The first-order chi connectivity index (χ1) is 19.9. The Labute approximate surface area is 239 Å². The molecule has 214 valence electrons. The Kier molecular flexibility index (Phi) is 5.92. The highest BCUT2D eigenvalue weighted by Gasteiger charge is 2.49. The summed E-state index contributed by atoms with van der Waals surface area (Å²) in [5.41, 5.74) is -0.0354. The molecule has 2 bridgehead atoms. The van der Waals surface area contributed by atoms with E-state index in [-0.39, 0.29) is 21.6 Å². The molecule has 4 aromatic rings. The SMILES string of the molecule is Oc1cc(-c2sc3c(N4CC5CCC(C4)N5)nc(OC[C@@]45CCCN4C[C@H](F)C5)cc3c2F)c2c(F)cccc2c1. The molecular weight excluding hydrogens is 549 g/mol. The van der Waals surface area contributed by atoms with Gasteiger partial charge in [0.25, 0.3) is 0 Å². The van der Waals surface area contributed by atoms with E-state index in [1.165, 1.54) is 29.5 Å². The van der Waals surface area contributed by atoms with Gasteiger partial charge in [0, 0.05) is 60.5 Å². The van der Waals surface area contributed by atoms with Gasteiger partial charge in [-0.15, -0.1) is 11.3 Å². The number of rotatable bonds is 5. The molecule has 2 aromatic carbocycles. The molecule has 8 rings (SSSR count). The van der Waals surface area contributed by atoms with Crippen LogP contribution in [0.4, 0.5) is 19.0 Å². The fourth-order valence-electron chi connectivity index (χ4n) is 7.66. The molecule has 4 saturated heterocycles. The summed E-state index contributed by atoms with van der Waals surface area (Å²) in [5, 5.41) is 15.2. The molecule has 4 aliphatic rings. The molecule has 0 radical (unpaired) electrons. The van der Waals surface area contributed by atoms with E-state index in [0.29, 0.717) is 64.4 Å². The number of phenolic OH excluding ortho intramolecular Hbond substituents is 1. The van der Waals surface area contributed by atoms with Crippen molar-refractivity contribution in [1.82, 2.24) is 15.2 Å². The lowest BCUT2D eigenvalue weighted by Crippen LogP contribution is -2.51. The van der Waals surface area contributed by atoms with Crippen molar-refractivity contribution in [1.29, 1.82) is 0 Å². The molecule has 2 unspecified atom stereocenters. The highest BCUT2D eigenvalue weighted by Crippen LogP contribution is 2.47. The van der Waals surface area contributed by atoms with E-state index in [2.05, 4.69) is 15.1 Å². The van der Waals surface area contributed by atoms with Crippen molar-refractivity contribution in [2.45, 2.75) is 55.9 Å². The number of benzene rings is 2. The van der Waals surface area contributed by atoms with Gasteiger partial charge in [0.1, 0.15) is 30.2 Å². The molecule has 0 spiro atoms. The maximum absolute atomic E-state index is 16.4. The Morgan fingerprint density at radius 2 is 1.95 bits per heavy atom. The minimum atomic E-state index is -0.865. The van der Waals surface area contributed by atoms with E-state index < -0.39 is 17.8 Å². The predicted molar refractivity (Wildman–Crippen MR) is 155 cm³/mol. The maximum Gasteiger partial charge on any atom is 0.216 e. The van der Waals surface area contributed by atoms with Crippen LogP contribution in [-0.2, 0) is 0 Å². The second-order valence-electron chi connectivity index (χ2n) is 12.1. The zero-order chi connectivity index (χ0) is 27.9. The van der Waals surface area contributed by atoms with Crippen molar-refractivity contribution < 1.29 is 23.0 Å². The Bertz CT molecular complexity index is 1670. The Hall–Kier alpha value is -3.08. The van der Waals surface area contributed by atoms with Crippen LogP contribution in [0, 0.1) is 11.6 Å². The third-order valence-electron chi connectivity index (χ3n) is 9.49. The monoisotopic (exact) mass is 580 g/mol. The van der Waals surface area contributed by atoms with Crippen LogP contribution in [0.1, 0.15) is 32.1 Å². The van der Waals surface area contributed by atoms with Gasteiger partial charge in [-0.3, -0.25) is 4.90 Å². The zero-order valence-corrected chi connectivity index (χ0v) is 23.3. The molecule has 0 aliphatic carbocycles. The molecule has 2 N–H and O–H groups in total. The van der Waals surface area contributed by atoms with Crippen molar-refractivity contribution >= 4 is 38.0 Å². The number of anilines is 1. The lowest BCUT2D eigenvalue weighted by molar-refractivity contribution is 0.111. The van der Waals surface area contributed by atoms with Gasteiger partial charge in [-0.25, -0.2) is 13.2 Å². The molecule has 2 aromatic heterocycles. The van der Waals surface area contributed by atoms with Gasteiger partial charge < -0.3 is 20.1 Å². The van der Waals surface area contributed by atoms with Crippen LogP contribution >= 0.6 is 11.3 Å². The molecule has 6 heterocycles. The summed E-state index contributed by atoms with van der Waals surface area (Å²) in [4.78, 5) is 9.59. The predicted octanol–water partition coefficient (Wildman–Crippen LogP) is 6.00. The summed E-state index contributed by atoms with van der Waals surface area (Å²) < 4.78 is 52.9. The Morgan fingerprint density at radius 1 is 1.12 bits per heavy atom. The normalized spacial score (nSPS) is 27.8. The molecule has 10 heteroatoms. The number of ether oxygens (including phenoxy) is 1.